The van der Waals surface area contributed by atoms with E-state index in [0.29, 0.717) is 0 Å². The van der Waals surface area contributed by atoms with Gasteiger partial charge in [0.15, 0.2) is 0 Å². The highest BCUT2D eigenvalue weighted by Gasteiger charge is 2.41. The molecule has 3 N–H and O–H groups in total. The van der Waals surface area contributed by atoms with Gasteiger partial charge in [-0.05, 0) is 51.1 Å². The maximum absolute atomic E-state index is 13.4. The van der Waals surface area contributed by atoms with Gasteiger partial charge >= 0.3 is 0 Å². The molecule has 0 heterocycles. The fourth-order valence-electron chi connectivity index (χ4n) is 3.58. The molecule has 0 radical (unpaired) electrons. The summed E-state index contributed by atoms with van der Waals surface area (Å²) in [5.41, 5.74) is 4.07. The summed E-state index contributed by atoms with van der Waals surface area (Å²) in [6, 6.07) is 6.97. The summed E-state index contributed by atoms with van der Waals surface area (Å²) in [7, 11) is 4.25. The lowest BCUT2D eigenvalue weighted by molar-refractivity contribution is 0.0568. The molecule has 1 atom stereocenters. The molecule has 1 saturated carbocycles. The lowest BCUT2D eigenvalue weighted by atomic mass is 9.73. The molecule has 0 aliphatic heterocycles. The van der Waals surface area contributed by atoms with E-state index in [9.17, 15) is 4.39 Å². The Bertz CT molecular complexity index is 427. The number of hydrazine groups is 1. The van der Waals surface area contributed by atoms with Crippen LogP contribution in [0.4, 0.5) is 4.39 Å². The van der Waals surface area contributed by atoms with Crippen LogP contribution in [0, 0.1) is 5.82 Å². The number of rotatable bonds is 5. The van der Waals surface area contributed by atoms with E-state index >= 15 is 0 Å². The van der Waals surface area contributed by atoms with Crippen LogP contribution >= 0.6 is 0 Å². The van der Waals surface area contributed by atoms with E-state index in [1.807, 2.05) is 6.07 Å². The van der Waals surface area contributed by atoms with Crippen molar-refractivity contribution >= 4 is 0 Å². The van der Waals surface area contributed by atoms with E-state index in [4.69, 9.17) is 5.84 Å². The van der Waals surface area contributed by atoms with E-state index in [0.717, 1.165) is 24.8 Å². The second-order valence-electron chi connectivity index (χ2n) is 6.11. The van der Waals surface area contributed by atoms with Crippen LogP contribution in [0.25, 0.3) is 0 Å². The fourth-order valence-corrected chi connectivity index (χ4v) is 3.58. The van der Waals surface area contributed by atoms with E-state index in [1.54, 1.807) is 12.1 Å². The molecule has 4 heteroatoms. The number of halogens is 1. The SMILES string of the molecule is CN(C)C1(C(Cc2cccc(F)c2)NN)CCCCC1. The largest absolute Gasteiger partial charge is 0.302 e. The summed E-state index contributed by atoms with van der Waals surface area (Å²) in [5.74, 6) is 5.66. The second kappa shape index (κ2) is 6.66. The van der Waals surface area contributed by atoms with Crippen molar-refractivity contribution < 1.29 is 4.39 Å². The highest BCUT2D eigenvalue weighted by atomic mass is 19.1. The van der Waals surface area contributed by atoms with Crippen LogP contribution in [-0.2, 0) is 6.42 Å². The minimum atomic E-state index is -0.180. The number of nitrogens with two attached hydrogens (primary N) is 1. The zero-order valence-electron chi connectivity index (χ0n) is 12.5. The molecule has 20 heavy (non-hydrogen) atoms. The van der Waals surface area contributed by atoms with Gasteiger partial charge in [-0.2, -0.15) is 0 Å². The number of likely N-dealkylation sites (N-methyl/N-ethyl adjacent to an activating group) is 1. The Hall–Kier alpha value is -0.970. The van der Waals surface area contributed by atoms with E-state index < -0.39 is 0 Å². The van der Waals surface area contributed by atoms with E-state index in [2.05, 4.69) is 24.4 Å². The Balaban J connectivity index is 2.20. The zero-order chi connectivity index (χ0) is 14.6. The first-order valence-corrected chi connectivity index (χ1v) is 7.46. The van der Waals surface area contributed by atoms with Gasteiger partial charge in [0.05, 0.1) is 0 Å². The Morgan fingerprint density at radius 1 is 1.30 bits per heavy atom. The number of benzene rings is 1. The molecule has 1 fully saturated rings. The summed E-state index contributed by atoms with van der Waals surface area (Å²) < 4.78 is 13.4. The van der Waals surface area contributed by atoms with Crippen molar-refractivity contribution in [2.45, 2.75) is 50.1 Å². The Labute approximate surface area is 121 Å². The van der Waals surface area contributed by atoms with Gasteiger partial charge in [0.2, 0.25) is 0 Å². The van der Waals surface area contributed by atoms with Crippen molar-refractivity contribution in [3.63, 3.8) is 0 Å². The molecule has 1 aromatic carbocycles. The number of hydrogen-bond acceptors (Lipinski definition) is 3. The molecule has 0 amide bonds. The maximum atomic E-state index is 13.4. The van der Waals surface area contributed by atoms with Gasteiger partial charge in [-0.25, -0.2) is 4.39 Å². The Morgan fingerprint density at radius 2 is 2.00 bits per heavy atom. The van der Waals surface area contributed by atoms with Gasteiger partial charge in [-0.15, -0.1) is 0 Å². The van der Waals surface area contributed by atoms with Crippen LogP contribution in [0.3, 0.4) is 0 Å². The zero-order valence-corrected chi connectivity index (χ0v) is 12.5. The third-order valence-electron chi connectivity index (χ3n) is 4.79. The second-order valence-corrected chi connectivity index (χ2v) is 6.11. The first-order chi connectivity index (χ1) is 9.58. The topological polar surface area (TPSA) is 41.3 Å². The predicted molar refractivity (Wildman–Crippen MR) is 80.7 cm³/mol. The third kappa shape index (κ3) is 3.19. The summed E-state index contributed by atoms with van der Waals surface area (Å²) in [6.45, 7) is 0. The highest BCUT2D eigenvalue weighted by molar-refractivity contribution is 5.19. The average molecular weight is 279 g/mol. The van der Waals surface area contributed by atoms with Gasteiger partial charge in [0.25, 0.3) is 0 Å². The van der Waals surface area contributed by atoms with Crippen LogP contribution in [0.2, 0.25) is 0 Å². The van der Waals surface area contributed by atoms with Crippen molar-refractivity contribution in [3.05, 3.63) is 35.6 Å². The Kier molecular flexibility index (Phi) is 5.13. The lowest BCUT2D eigenvalue weighted by Crippen LogP contribution is -2.62. The molecule has 1 aromatic rings. The summed E-state index contributed by atoms with van der Waals surface area (Å²) in [4.78, 5) is 2.30. The Morgan fingerprint density at radius 3 is 2.55 bits per heavy atom. The molecular weight excluding hydrogens is 253 g/mol. The van der Waals surface area contributed by atoms with Gasteiger partial charge in [0.1, 0.15) is 5.82 Å². The highest BCUT2D eigenvalue weighted by Crippen LogP contribution is 2.36. The molecule has 0 bridgehead atoms. The van der Waals surface area contributed by atoms with Crippen molar-refractivity contribution in [1.82, 2.24) is 10.3 Å². The van der Waals surface area contributed by atoms with Crippen molar-refractivity contribution in [2.75, 3.05) is 14.1 Å². The van der Waals surface area contributed by atoms with E-state index in [-0.39, 0.29) is 17.4 Å². The first kappa shape index (κ1) is 15.4. The van der Waals surface area contributed by atoms with Crippen LogP contribution in [0.1, 0.15) is 37.7 Å². The number of nitrogens with one attached hydrogen (secondary N) is 1. The monoisotopic (exact) mass is 279 g/mol. The lowest BCUT2D eigenvalue weighted by Gasteiger charge is -2.48. The van der Waals surface area contributed by atoms with E-state index in [1.165, 1.54) is 25.3 Å². The van der Waals surface area contributed by atoms with Gasteiger partial charge < -0.3 is 4.90 Å². The summed E-state index contributed by atoms with van der Waals surface area (Å²) >= 11 is 0. The molecule has 1 aliphatic rings. The molecule has 0 saturated heterocycles. The smallest absolute Gasteiger partial charge is 0.123 e. The first-order valence-electron chi connectivity index (χ1n) is 7.46. The number of nitrogens with zero attached hydrogens (tertiary/aromatic N) is 1. The van der Waals surface area contributed by atoms with Crippen molar-refractivity contribution in [1.29, 1.82) is 0 Å². The molecule has 0 spiro atoms. The van der Waals surface area contributed by atoms with Crippen molar-refractivity contribution in [2.24, 2.45) is 5.84 Å². The van der Waals surface area contributed by atoms with Gasteiger partial charge in [-0.1, -0.05) is 31.4 Å². The molecule has 1 unspecified atom stereocenters. The molecule has 3 nitrogen and oxygen atoms in total. The minimum absolute atomic E-state index is 0.0688. The molecule has 1 aliphatic carbocycles. The van der Waals surface area contributed by atoms with Crippen LogP contribution in [0.5, 0.6) is 0 Å². The molecule has 112 valence electrons. The minimum Gasteiger partial charge on any atom is -0.302 e. The van der Waals surface area contributed by atoms with Crippen LogP contribution in [-0.4, -0.2) is 30.6 Å². The van der Waals surface area contributed by atoms with Crippen LogP contribution < -0.4 is 11.3 Å². The predicted octanol–water partition coefficient (Wildman–Crippen LogP) is 2.46. The fraction of sp³-hybridized carbons (Fsp3) is 0.625. The van der Waals surface area contributed by atoms with Crippen LogP contribution in [0.15, 0.2) is 24.3 Å². The van der Waals surface area contributed by atoms with Crippen molar-refractivity contribution in [3.8, 4) is 0 Å². The quantitative estimate of drug-likeness (QED) is 0.642. The molecule has 2 rings (SSSR count). The van der Waals surface area contributed by atoms with Gasteiger partial charge in [-0.3, -0.25) is 11.3 Å². The third-order valence-corrected chi connectivity index (χ3v) is 4.79. The number of hydrogen-bond donors (Lipinski definition) is 2. The average Bonchev–Trinajstić information content (AvgIpc) is 2.45. The van der Waals surface area contributed by atoms with Gasteiger partial charge in [0, 0.05) is 11.6 Å². The summed E-state index contributed by atoms with van der Waals surface area (Å²) in [5, 5.41) is 0. The summed E-state index contributed by atoms with van der Waals surface area (Å²) in [6.07, 6.45) is 6.81. The maximum Gasteiger partial charge on any atom is 0.123 e. The molecular formula is C16H26FN3. The molecule has 0 aromatic heterocycles. The normalized spacial score (nSPS) is 20.1. The standard InChI is InChI=1S/C16H26FN3/c1-20(2)16(9-4-3-5-10-16)15(19-18)12-13-7-6-8-14(17)11-13/h6-8,11,15,19H,3-5,9-10,12,18H2,1-2H3.